The number of carbonyl (C=O) groups excluding carboxylic acids is 1. The molecule has 0 saturated carbocycles. The molecule has 20 heavy (non-hydrogen) atoms. The Morgan fingerprint density at radius 3 is 2.65 bits per heavy atom. The Labute approximate surface area is 126 Å². The maximum Gasteiger partial charge on any atom is 0.254 e. The molecule has 0 unspecified atom stereocenters. The molecule has 1 heterocycles. The van der Waals surface area contributed by atoms with Gasteiger partial charge in [-0.15, -0.1) is 0 Å². The van der Waals surface area contributed by atoms with Crippen LogP contribution in [0.2, 0.25) is 0 Å². The van der Waals surface area contributed by atoms with Crippen LogP contribution < -0.4 is 0 Å². The van der Waals surface area contributed by atoms with Crippen molar-refractivity contribution in [2.24, 2.45) is 0 Å². The van der Waals surface area contributed by atoms with Gasteiger partial charge in [0.05, 0.1) is 6.61 Å². The van der Waals surface area contributed by atoms with Crippen molar-refractivity contribution in [2.75, 3.05) is 13.2 Å². The van der Waals surface area contributed by atoms with Crippen molar-refractivity contribution in [1.82, 2.24) is 9.88 Å². The average Bonchev–Trinajstić information content (AvgIpc) is 2.47. The average molecular weight is 335 g/mol. The lowest BCUT2D eigenvalue weighted by Crippen LogP contribution is -2.33. The van der Waals surface area contributed by atoms with Gasteiger partial charge in [0.1, 0.15) is 4.60 Å². The Balaban J connectivity index is 2.18. The number of aromatic nitrogens is 1. The summed E-state index contributed by atoms with van der Waals surface area (Å²) in [7, 11) is 0. The summed E-state index contributed by atoms with van der Waals surface area (Å²) >= 11 is 3.25. The highest BCUT2D eigenvalue weighted by Gasteiger charge is 2.16. The van der Waals surface area contributed by atoms with Crippen molar-refractivity contribution in [3.63, 3.8) is 0 Å². The number of aliphatic hydroxyl groups excluding tert-OH is 1. The van der Waals surface area contributed by atoms with Crippen LogP contribution in [0.4, 0.5) is 0 Å². The highest BCUT2D eigenvalue weighted by molar-refractivity contribution is 9.10. The van der Waals surface area contributed by atoms with Crippen LogP contribution in [0.3, 0.4) is 0 Å². The fraction of sp³-hybridized carbons (Fsp3) is 0.200. The number of hydrogen-bond acceptors (Lipinski definition) is 3. The molecule has 1 aromatic heterocycles. The minimum absolute atomic E-state index is 0.0647. The first kappa shape index (κ1) is 14.7. The lowest BCUT2D eigenvalue weighted by molar-refractivity contribution is 0.0707. The second-order valence-corrected chi connectivity index (χ2v) is 5.12. The van der Waals surface area contributed by atoms with Gasteiger partial charge in [0.15, 0.2) is 0 Å². The molecular weight excluding hydrogens is 320 g/mol. The predicted octanol–water partition coefficient (Wildman–Crippen LogP) is 2.48. The van der Waals surface area contributed by atoms with E-state index in [0.717, 1.165) is 5.56 Å². The molecule has 0 aliphatic rings. The molecule has 1 aromatic carbocycles. The lowest BCUT2D eigenvalue weighted by atomic mass is 10.2. The number of carbonyl (C=O) groups is 1. The van der Waals surface area contributed by atoms with Crippen molar-refractivity contribution >= 4 is 21.8 Å². The molecule has 1 N–H and O–H groups in total. The third-order valence-electron chi connectivity index (χ3n) is 2.85. The lowest BCUT2D eigenvalue weighted by Gasteiger charge is -2.22. The molecule has 0 bridgehead atoms. The second-order valence-electron chi connectivity index (χ2n) is 4.30. The van der Waals surface area contributed by atoms with E-state index in [2.05, 4.69) is 20.9 Å². The van der Waals surface area contributed by atoms with E-state index in [1.165, 1.54) is 0 Å². The zero-order valence-corrected chi connectivity index (χ0v) is 12.5. The predicted molar refractivity (Wildman–Crippen MR) is 80.2 cm³/mol. The van der Waals surface area contributed by atoms with Gasteiger partial charge in [-0.25, -0.2) is 4.98 Å². The van der Waals surface area contributed by atoms with Gasteiger partial charge in [-0.3, -0.25) is 4.79 Å². The van der Waals surface area contributed by atoms with Crippen LogP contribution in [0.25, 0.3) is 0 Å². The van der Waals surface area contributed by atoms with Gasteiger partial charge in [-0.05, 0) is 33.6 Å². The molecule has 104 valence electrons. The molecule has 1 amide bonds. The van der Waals surface area contributed by atoms with Crippen LogP contribution >= 0.6 is 15.9 Å². The standard InChI is InChI=1S/C15H15BrN2O2/c16-14-10-13(6-7-17-14)15(20)18(8-9-19)11-12-4-2-1-3-5-12/h1-7,10,19H,8-9,11H2. The molecule has 0 atom stereocenters. The van der Waals surface area contributed by atoms with Crippen LogP contribution in [0.5, 0.6) is 0 Å². The van der Waals surface area contributed by atoms with Crippen molar-refractivity contribution in [1.29, 1.82) is 0 Å². The number of halogens is 1. The molecule has 0 aliphatic heterocycles. The summed E-state index contributed by atoms with van der Waals surface area (Å²) < 4.78 is 0.618. The zero-order valence-electron chi connectivity index (χ0n) is 10.9. The summed E-state index contributed by atoms with van der Waals surface area (Å²) in [5.74, 6) is -0.119. The smallest absolute Gasteiger partial charge is 0.254 e. The van der Waals surface area contributed by atoms with E-state index in [1.54, 1.807) is 23.2 Å². The Kier molecular flexibility index (Phi) is 5.26. The fourth-order valence-electron chi connectivity index (χ4n) is 1.89. The normalized spacial score (nSPS) is 10.3. The minimum Gasteiger partial charge on any atom is -0.395 e. The second kappa shape index (κ2) is 7.17. The molecule has 5 heteroatoms. The number of hydrogen-bond donors (Lipinski definition) is 1. The van der Waals surface area contributed by atoms with E-state index >= 15 is 0 Å². The van der Waals surface area contributed by atoms with E-state index in [4.69, 9.17) is 5.11 Å². The number of nitrogens with zero attached hydrogens (tertiary/aromatic N) is 2. The monoisotopic (exact) mass is 334 g/mol. The van der Waals surface area contributed by atoms with Crippen molar-refractivity contribution in [2.45, 2.75) is 6.54 Å². The Morgan fingerprint density at radius 1 is 1.25 bits per heavy atom. The van der Waals surface area contributed by atoms with Crippen LogP contribution in [-0.4, -0.2) is 34.0 Å². The van der Waals surface area contributed by atoms with E-state index < -0.39 is 0 Å². The molecule has 0 spiro atoms. The SMILES string of the molecule is O=C(c1ccnc(Br)c1)N(CCO)Cc1ccccc1. The van der Waals surface area contributed by atoms with E-state index in [0.29, 0.717) is 23.3 Å². The van der Waals surface area contributed by atoms with Gasteiger partial charge in [0, 0.05) is 24.8 Å². The fourth-order valence-corrected chi connectivity index (χ4v) is 2.26. The topological polar surface area (TPSA) is 53.4 Å². The molecule has 4 nitrogen and oxygen atoms in total. The summed E-state index contributed by atoms with van der Waals surface area (Å²) in [6.45, 7) is 0.707. The maximum atomic E-state index is 12.5. The Morgan fingerprint density at radius 2 is 2.00 bits per heavy atom. The summed E-state index contributed by atoms with van der Waals surface area (Å²) in [5, 5.41) is 9.15. The van der Waals surface area contributed by atoms with Gasteiger partial charge in [-0.2, -0.15) is 0 Å². The van der Waals surface area contributed by atoms with Crippen molar-refractivity contribution < 1.29 is 9.90 Å². The van der Waals surface area contributed by atoms with Crippen molar-refractivity contribution in [3.05, 3.63) is 64.4 Å². The van der Waals surface area contributed by atoms with Crippen molar-refractivity contribution in [3.8, 4) is 0 Å². The van der Waals surface area contributed by atoms with Gasteiger partial charge < -0.3 is 10.0 Å². The van der Waals surface area contributed by atoms with Crippen LogP contribution in [0, 0.1) is 0 Å². The molecule has 0 saturated heterocycles. The van der Waals surface area contributed by atoms with Gasteiger partial charge in [-0.1, -0.05) is 30.3 Å². The maximum absolute atomic E-state index is 12.5. The number of benzene rings is 1. The summed E-state index contributed by atoms with van der Waals surface area (Å²) in [6, 6.07) is 13.1. The zero-order chi connectivity index (χ0) is 14.4. The minimum atomic E-state index is -0.119. The number of rotatable bonds is 5. The summed E-state index contributed by atoms with van der Waals surface area (Å²) in [6.07, 6.45) is 1.58. The first-order valence-corrected chi connectivity index (χ1v) is 7.05. The van der Waals surface area contributed by atoms with Crippen LogP contribution in [-0.2, 0) is 6.54 Å². The third-order valence-corrected chi connectivity index (χ3v) is 3.28. The Hall–Kier alpha value is -1.72. The quantitative estimate of drug-likeness (QED) is 0.854. The van der Waals surface area contributed by atoms with E-state index in [-0.39, 0.29) is 12.5 Å². The molecule has 0 radical (unpaired) electrons. The van der Waals surface area contributed by atoms with Gasteiger partial charge >= 0.3 is 0 Å². The highest BCUT2D eigenvalue weighted by Crippen LogP contribution is 2.13. The third kappa shape index (κ3) is 3.88. The van der Waals surface area contributed by atoms with E-state index in [9.17, 15) is 4.79 Å². The highest BCUT2D eigenvalue weighted by atomic mass is 79.9. The molecule has 2 rings (SSSR count). The number of aliphatic hydroxyl groups is 1. The van der Waals surface area contributed by atoms with Gasteiger partial charge in [0.25, 0.3) is 5.91 Å². The summed E-state index contributed by atoms with van der Waals surface area (Å²) in [5.41, 5.74) is 1.58. The first-order chi connectivity index (χ1) is 9.70. The molecule has 0 fully saturated rings. The van der Waals surface area contributed by atoms with Gasteiger partial charge in [0.2, 0.25) is 0 Å². The van der Waals surface area contributed by atoms with Crippen LogP contribution in [0.15, 0.2) is 53.3 Å². The first-order valence-electron chi connectivity index (χ1n) is 6.26. The molecular formula is C15H15BrN2O2. The largest absolute Gasteiger partial charge is 0.395 e. The van der Waals surface area contributed by atoms with Crippen LogP contribution in [0.1, 0.15) is 15.9 Å². The number of amides is 1. The number of pyridine rings is 1. The molecule has 0 aliphatic carbocycles. The molecule has 2 aromatic rings. The summed E-state index contributed by atoms with van der Waals surface area (Å²) in [4.78, 5) is 18.1. The Bertz CT molecular complexity index is 575. The van der Waals surface area contributed by atoms with E-state index in [1.807, 2.05) is 30.3 Å².